The fourth-order valence-corrected chi connectivity index (χ4v) is 3.85. The van der Waals surface area contributed by atoms with Gasteiger partial charge in [-0.1, -0.05) is 30.3 Å². The standard InChI is InChI=1S/C21H23NO3S/c1-21(24,19-13-16-5-3-4-6-18(16)26-19)14-22-20(23)12-9-15-7-10-17(25-2)11-8-15/h3-8,10-11,13,24H,9,12,14H2,1-2H3,(H,22,23)/t21-/m0/s1. The van der Waals surface area contributed by atoms with E-state index in [0.717, 1.165) is 26.3 Å². The summed E-state index contributed by atoms with van der Waals surface area (Å²) in [4.78, 5) is 13.0. The van der Waals surface area contributed by atoms with Gasteiger partial charge in [0.2, 0.25) is 5.91 Å². The second-order valence-electron chi connectivity index (χ2n) is 6.55. The van der Waals surface area contributed by atoms with E-state index >= 15 is 0 Å². The quantitative estimate of drug-likeness (QED) is 0.665. The molecule has 2 aromatic carbocycles. The number of ether oxygens (including phenoxy) is 1. The van der Waals surface area contributed by atoms with Gasteiger partial charge in [-0.2, -0.15) is 0 Å². The molecule has 2 N–H and O–H groups in total. The van der Waals surface area contributed by atoms with Gasteiger partial charge in [0, 0.05) is 16.0 Å². The number of methoxy groups -OCH3 is 1. The fourth-order valence-electron chi connectivity index (χ4n) is 2.74. The third kappa shape index (κ3) is 4.42. The first kappa shape index (κ1) is 18.4. The maximum Gasteiger partial charge on any atom is 0.220 e. The van der Waals surface area contributed by atoms with Crippen molar-refractivity contribution in [1.29, 1.82) is 0 Å². The first-order chi connectivity index (χ1) is 12.5. The molecule has 0 saturated carbocycles. The molecule has 3 rings (SSSR count). The topological polar surface area (TPSA) is 58.6 Å². The average molecular weight is 369 g/mol. The van der Waals surface area contributed by atoms with Crippen LogP contribution in [-0.2, 0) is 16.8 Å². The maximum absolute atomic E-state index is 12.1. The molecule has 0 unspecified atom stereocenters. The second kappa shape index (κ2) is 7.89. The van der Waals surface area contributed by atoms with Crippen molar-refractivity contribution in [1.82, 2.24) is 5.32 Å². The highest BCUT2D eigenvalue weighted by Crippen LogP contribution is 2.32. The summed E-state index contributed by atoms with van der Waals surface area (Å²) >= 11 is 1.56. The molecule has 0 aliphatic heterocycles. The molecule has 3 aromatic rings. The SMILES string of the molecule is COc1ccc(CCC(=O)NC[C@](C)(O)c2cc3ccccc3s2)cc1. The first-order valence-corrected chi connectivity index (χ1v) is 9.41. The molecule has 0 saturated heterocycles. The number of fused-ring (bicyclic) bond motifs is 1. The number of hydrogen-bond donors (Lipinski definition) is 2. The third-order valence-electron chi connectivity index (χ3n) is 4.39. The van der Waals surface area contributed by atoms with Crippen LogP contribution in [0.1, 0.15) is 23.8 Å². The molecular formula is C21H23NO3S. The smallest absolute Gasteiger partial charge is 0.220 e. The summed E-state index contributed by atoms with van der Waals surface area (Å²) < 4.78 is 6.26. The summed E-state index contributed by atoms with van der Waals surface area (Å²) in [7, 11) is 1.63. The third-order valence-corrected chi connectivity index (χ3v) is 5.76. The molecule has 0 aliphatic rings. The van der Waals surface area contributed by atoms with Gasteiger partial charge in [-0.15, -0.1) is 11.3 Å². The van der Waals surface area contributed by atoms with Gasteiger partial charge < -0.3 is 15.2 Å². The molecule has 5 heteroatoms. The first-order valence-electron chi connectivity index (χ1n) is 8.59. The number of aryl methyl sites for hydroxylation is 1. The van der Waals surface area contributed by atoms with Gasteiger partial charge in [0.15, 0.2) is 0 Å². The van der Waals surface area contributed by atoms with Gasteiger partial charge >= 0.3 is 0 Å². The lowest BCUT2D eigenvalue weighted by Crippen LogP contribution is -2.38. The van der Waals surface area contributed by atoms with Crippen molar-refractivity contribution in [2.75, 3.05) is 13.7 Å². The van der Waals surface area contributed by atoms with E-state index in [1.165, 1.54) is 0 Å². The van der Waals surface area contributed by atoms with Gasteiger partial charge in [0.25, 0.3) is 0 Å². The molecule has 136 valence electrons. The Bertz CT molecular complexity index is 851. The molecule has 0 bridgehead atoms. The van der Waals surface area contributed by atoms with E-state index in [0.29, 0.717) is 12.8 Å². The van der Waals surface area contributed by atoms with E-state index in [-0.39, 0.29) is 12.5 Å². The largest absolute Gasteiger partial charge is 0.497 e. The molecule has 0 fully saturated rings. The van der Waals surface area contributed by atoms with E-state index in [4.69, 9.17) is 4.74 Å². The summed E-state index contributed by atoms with van der Waals surface area (Å²) in [5, 5.41) is 14.7. The van der Waals surface area contributed by atoms with Crippen molar-refractivity contribution in [3.8, 4) is 5.75 Å². The van der Waals surface area contributed by atoms with Crippen LogP contribution in [0.2, 0.25) is 0 Å². The lowest BCUT2D eigenvalue weighted by Gasteiger charge is -2.22. The van der Waals surface area contributed by atoms with Gasteiger partial charge in [-0.3, -0.25) is 4.79 Å². The summed E-state index contributed by atoms with van der Waals surface area (Å²) in [6.45, 7) is 1.93. The van der Waals surface area contributed by atoms with Crippen molar-refractivity contribution >= 4 is 27.3 Å². The van der Waals surface area contributed by atoms with Gasteiger partial charge in [0.05, 0.1) is 13.7 Å². The minimum atomic E-state index is -1.08. The highest BCUT2D eigenvalue weighted by Gasteiger charge is 2.26. The molecule has 1 heterocycles. The lowest BCUT2D eigenvalue weighted by atomic mass is 10.0. The number of aliphatic hydroxyl groups is 1. The molecule has 0 radical (unpaired) electrons. The van der Waals surface area contributed by atoms with Crippen molar-refractivity contribution in [3.05, 3.63) is 65.0 Å². The summed E-state index contributed by atoms with van der Waals surface area (Å²) in [5.41, 5.74) is -0.00311. The van der Waals surface area contributed by atoms with Crippen LogP contribution in [0, 0.1) is 0 Å². The molecule has 0 aliphatic carbocycles. The number of benzene rings is 2. The number of hydrogen-bond acceptors (Lipinski definition) is 4. The molecule has 0 spiro atoms. The van der Waals surface area contributed by atoms with E-state index in [1.807, 2.05) is 54.6 Å². The van der Waals surface area contributed by atoms with Gasteiger partial charge in [-0.25, -0.2) is 0 Å². The predicted octanol–water partition coefficient (Wildman–Crippen LogP) is 3.87. The number of carbonyl (C=O) groups is 1. The van der Waals surface area contributed by atoms with E-state index in [1.54, 1.807) is 25.4 Å². The normalized spacial score (nSPS) is 13.3. The molecule has 1 amide bonds. The number of nitrogens with one attached hydrogen (secondary N) is 1. The Morgan fingerprint density at radius 2 is 1.92 bits per heavy atom. The van der Waals surface area contributed by atoms with Crippen LogP contribution >= 0.6 is 11.3 Å². The molecule has 1 atom stereocenters. The van der Waals surface area contributed by atoms with Crippen LogP contribution in [-0.4, -0.2) is 24.7 Å². The molecular weight excluding hydrogens is 346 g/mol. The predicted molar refractivity (Wildman–Crippen MR) is 106 cm³/mol. The zero-order valence-corrected chi connectivity index (χ0v) is 15.8. The molecule has 1 aromatic heterocycles. The lowest BCUT2D eigenvalue weighted by molar-refractivity contribution is -0.122. The van der Waals surface area contributed by atoms with Crippen molar-refractivity contribution in [2.24, 2.45) is 0 Å². The number of amides is 1. The summed E-state index contributed by atoms with van der Waals surface area (Å²) in [6, 6.07) is 17.7. The molecule has 26 heavy (non-hydrogen) atoms. The Hall–Kier alpha value is -2.37. The second-order valence-corrected chi connectivity index (χ2v) is 7.63. The Balaban J connectivity index is 1.53. The maximum atomic E-state index is 12.1. The summed E-state index contributed by atoms with van der Waals surface area (Å²) in [6.07, 6.45) is 1.04. The zero-order valence-electron chi connectivity index (χ0n) is 15.0. The van der Waals surface area contributed by atoms with Crippen LogP contribution in [0.25, 0.3) is 10.1 Å². The molecule has 4 nitrogen and oxygen atoms in total. The van der Waals surface area contributed by atoms with Crippen LogP contribution in [0.5, 0.6) is 5.75 Å². The monoisotopic (exact) mass is 369 g/mol. The van der Waals surface area contributed by atoms with Crippen LogP contribution in [0.15, 0.2) is 54.6 Å². The Morgan fingerprint density at radius 3 is 2.62 bits per heavy atom. The van der Waals surface area contributed by atoms with Crippen LogP contribution < -0.4 is 10.1 Å². The minimum absolute atomic E-state index is 0.0674. The average Bonchev–Trinajstić information content (AvgIpc) is 3.10. The van der Waals surface area contributed by atoms with Gasteiger partial charge in [-0.05, 0) is 48.6 Å². The summed E-state index contributed by atoms with van der Waals surface area (Å²) in [5.74, 6) is 0.736. The van der Waals surface area contributed by atoms with E-state index < -0.39 is 5.60 Å². The Kier molecular flexibility index (Phi) is 5.59. The minimum Gasteiger partial charge on any atom is -0.497 e. The number of rotatable bonds is 7. The Labute approximate surface area is 157 Å². The van der Waals surface area contributed by atoms with Gasteiger partial charge in [0.1, 0.15) is 11.4 Å². The van der Waals surface area contributed by atoms with E-state index in [9.17, 15) is 9.90 Å². The zero-order chi connectivity index (χ0) is 18.6. The van der Waals surface area contributed by atoms with Crippen LogP contribution in [0.4, 0.5) is 0 Å². The van der Waals surface area contributed by atoms with E-state index in [2.05, 4.69) is 5.32 Å². The highest BCUT2D eigenvalue weighted by molar-refractivity contribution is 7.19. The van der Waals surface area contributed by atoms with Crippen LogP contribution in [0.3, 0.4) is 0 Å². The van der Waals surface area contributed by atoms with Crippen molar-refractivity contribution in [3.63, 3.8) is 0 Å². The highest BCUT2D eigenvalue weighted by atomic mass is 32.1. The number of carbonyl (C=O) groups excluding carboxylic acids is 1. The fraction of sp³-hybridized carbons (Fsp3) is 0.286. The van der Waals surface area contributed by atoms with Crippen molar-refractivity contribution in [2.45, 2.75) is 25.4 Å². The van der Waals surface area contributed by atoms with Crippen molar-refractivity contribution < 1.29 is 14.6 Å². The Morgan fingerprint density at radius 1 is 1.19 bits per heavy atom. The number of thiophene rings is 1.